The molecule has 2 aliphatic rings. The smallest absolute Gasteiger partial charge is 0.444 e. The van der Waals surface area contributed by atoms with Crippen LogP contribution in [0.25, 0.3) is 11.5 Å². The van der Waals surface area contributed by atoms with E-state index in [2.05, 4.69) is 30.4 Å². The van der Waals surface area contributed by atoms with Crippen LogP contribution in [0.1, 0.15) is 62.2 Å². The molecule has 1 aliphatic carbocycles. The number of alkyl halides is 3. The van der Waals surface area contributed by atoms with Crippen molar-refractivity contribution in [1.29, 1.82) is 0 Å². The van der Waals surface area contributed by atoms with E-state index in [-0.39, 0.29) is 35.8 Å². The Balaban J connectivity index is 1.31. The van der Waals surface area contributed by atoms with E-state index in [1.165, 1.54) is 40.3 Å². The van der Waals surface area contributed by atoms with Gasteiger partial charge in [0.25, 0.3) is 0 Å². The lowest BCUT2D eigenvalue weighted by Gasteiger charge is -2.28. The molecule has 214 valence electrons. The SMILES string of the molecule is CC(C)(C)OC(=O)N1CC(NC(=O)c2nnc(-c3cc(OC(F)(F)F)ccc3C3CC3)o2)C[C@@H]1Cn1nccn1. The van der Waals surface area contributed by atoms with Gasteiger partial charge in [0.15, 0.2) is 0 Å². The Morgan fingerprint density at radius 1 is 1.12 bits per heavy atom. The molecule has 1 aromatic carbocycles. The van der Waals surface area contributed by atoms with Crippen molar-refractivity contribution in [2.24, 2.45) is 0 Å². The number of carbonyl (C=O) groups is 2. The van der Waals surface area contributed by atoms with Gasteiger partial charge in [0.1, 0.15) is 11.4 Å². The predicted octanol–water partition coefficient (Wildman–Crippen LogP) is 3.91. The molecule has 2 atom stereocenters. The molecule has 1 saturated carbocycles. The molecular formula is C25H28F3N7O5. The summed E-state index contributed by atoms with van der Waals surface area (Å²) in [5, 5.41) is 18.7. The number of halogens is 3. The lowest BCUT2D eigenvalue weighted by atomic mass is 10.0. The summed E-state index contributed by atoms with van der Waals surface area (Å²) in [6.45, 7) is 5.74. The fourth-order valence-electron chi connectivity index (χ4n) is 4.60. The van der Waals surface area contributed by atoms with Crippen molar-refractivity contribution in [2.45, 2.75) is 76.5 Å². The second-order valence-electron chi connectivity index (χ2n) is 10.8. The number of hydrogen-bond donors (Lipinski definition) is 1. The van der Waals surface area contributed by atoms with E-state index < -0.39 is 35.8 Å². The third-order valence-electron chi connectivity index (χ3n) is 6.34. The fourth-order valence-corrected chi connectivity index (χ4v) is 4.60. The van der Waals surface area contributed by atoms with E-state index in [0.29, 0.717) is 13.0 Å². The van der Waals surface area contributed by atoms with Gasteiger partial charge in [-0.2, -0.15) is 15.0 Å². The van der Waals surface area contributed by atoms with Crippen molar-refractivity contribution in [3.63, 3.8) is 0 Å². The molecule has 3 heterocycles. The van der Waals surface area contributed by atoms with Crippen LogP contribution in [0, 0.1) is 0 Å². The van der Waals surface area contributed by atoms with Crippen molar-refractivity contribution in [3.8, 4) is 17.2 Å². The Morgan fingerprint density at radius 2 is 1.85 bits per heavy atom. The summed E-state index contributed by atoms with van der Waals surface area (Å²) in [7, 11) is 0. The van der Waals surface area contributed by atoms with Gasteiger partial charge in [-0.25, -0.2) is 4.79 Å². The summed E-state index contributed by atoms with van der Waals surface area (Å²) in [4.78, 5) is 28.9. The minimum atomic E-state index is -4.86. The molecule has 2 fully saturated rings. The average molecular weight is 564 g/mol. The highest BCUT2D eigenvalue weighted by Gasteiger charge is 2.39. The standard InChI is InChI=1S/C25H28F3N7O5/c1-24(2,3)40-23(37)34-12-15(10-16(34)13-35-29-8-9-30-35)31-20(36)22-33-32-21(38-22)19-11-17(39-25(26,27)28)6-7-18(19)14-4-5-14/h6-9,11,14-16H,4-5,10,12-13H2,1-3H3,(H,31,36)/t15?,16-/m1/s1. The molecule has 3 aromatic rings. The Morgan fingerprint density at radius 3 is 2.50 bits per heavy atom. The van der Waals surface area contributed by atoms with Crippen LogP contribution in [-0.4, -0.2) is 72.7 Å². The van der Waals surface area contributed by atoms with Crippen molar-refractivity contribution in [3.05, 3.63) is 42.0 Å². The Hall–Kier alpha value is -4.17. The molecule has 0 radical (unpaired) electrons. The van der Waals surface area contributed by atoms with Gasteiger partial charge in [0.2, 0.25) is 5.89 Å². The highest BCUT2D eigenvalue weighted by Crippen LogP contribution is 2.45. The van der Waals surface area contributed by atoms with Crippen LogP contribution in [0.4, 0.5) is 18.0 Å². The van der Waals surface area contributed by atoms with Crippen LogP contribution < -0.4 is 10.1 Å². The van der Waals surface area contributed by atoms with E-state index in [0.717, 1.165) is 18.4 Å². The number of carbonyl (C=O) groups excluding carboxylic acids is 2. The number of nitrogens with one attached hydrogen (secondary N) is 1. The van der Waals surface area contributed by atoms with Crippen LogP contribution in [-0.2, 0) is 11.3 Å². The molecule has 1 unspecified atom stereocenters. The minimum absolute atomic E-state index is 0.0934. The number of rotatable bonds is 7. The summed E-state index contributed by atoms with van der Waals surface area (Å²) in [5.41, 5.74) is 0.304. The third-order valence-corrected chi connectivity index (χ3v) is 6.34. The summed E-state index contributed by atoms with van der Waals surface area (Å²) >= 11 is 0. The zero-order valence-corrected chi connectivity index (χ0v) is 22.0. The van der Waals surface area contributed by atoms with E-state index in [9.17, 15) is 22.8 Å². The van der Waals surface area contributed by atoms with Gasteiger partial charge in [-0.15, -0.1) is 23.4 Å². The molecule has 2 aromatic heterocycles. The lowest BCUT2D eigenvalue weighted by molar-refractivity contribution is -0.274. The number of nitrogens with zero attached hydrogens (tertiary/aromatic N) is 6. The number of amides is 2. The zero-order valence-electron chi connectivity index (χ0n) is 22.0. The van der Waals surface area contributed by atoms with E-state index in [4.69, 9.17) is 9.15 Å². The van der Waals surface area contributed by atoms with Gasteiger partial charge < -0.3 is 24.1 Å². The topological polar surface area (TPSA) is 138 Å². The van der Waals surface area contributed by atoms with Gasteiger partial charge in [-0.3, -0.25) is 4.79 Å². The Labute approximate surface area is 226 Å². The number of ether oxygens (including phenoxy) is 2. The number of aromatic nitrogens is 5. The second-order valence-corrected chi connectivity index (χ2v) is 10.8. The first-order valence-electron chi connectivity index (χ1n) is 12.7. The third kappa shape index (κ3) is 6.69. The van der Waals surface area contributed by atoms with Crippen LogP contribution in [0.5, 0.6) is 5.75 Å². The molecule has 2 amide bonds. The summed E-state index contributed by atoms with van der Waals surface area (Å²) in [6.07, 6.45) is -0.209. The highest BCUT2D eigenvalue weighted by molar-refractivity contribution is 5.90. The molecule has 5 rings (SSSR count). The first kappa shape index (κ1) is 27.4. The second kappa shape index (κ2) is 10.4. The number of benzene rings is 1. The maximum atomic E-state index is 13.0. The minimum Gasteiger partial charge on any atom is -0.444 e. The van der Waals surface area contributed by atoms with Crippen molar-refractivity contribution in [2.75, 3.05) is 6.54 Å². The molecule has 40 heavy (non-hydrogen) atoms. The Kier molecular flexibility index (Phi) is 7.14. The van der Waals surface area contributed by atoms with Crippen LogP contribution in [0.2, 0.25) is 0 Å². The normalized spacial score (nSPS) is 19.5. The summed E-state index contributed by atoms with van der Waals surface area (Å²) in [6, 6.07) is 3.13. The largest absolute Gasteiger partial charge is 0.573 e. The van der Waals surface area contributed by atoms with Crippen LogP contribution >= 0.6 is 0 Å². The molecule has 15 heteroatoms. The molecule has 0 spiro atoms. The van der Waals surface area contributed by atoms with Crippen molar-refractivity contribution in [1.82, 2.24) is 35.4 Å². The Bertz CT molecular complexity index is 1370. The lowest BCUT2D eigenvalue weighted by Crippen LogP contribution is -2.43. The fraction of sp³-hybridized carbons (Fsp3) is 0.520. The molecule has 1 N–H and O–H groups in total. The summed E-state index contributed by atoms with van der Waals surface area (Å²) < 4.78 is 53.5. The molecule has 1 saturated heterocycles. The van der Waals surface area contributed by atoms with Crippen LogP contribution in [0.3, 0.4) is 0 Å². The van der Waals surface area contributed by atoms with Crippen molar-refractivity contribution >= 4 is 12.0 Å². The van der Waals surface area contributed by atoms with Crippen LogP contribution in [0.15, 0.2) is 35.0 Å². The molecule has 12 nitrogen and oxygen atoms in total. The highest BCUT2D eigenvalue weighted by atomic mass is 19.4. The maximum absolute atomic E-state index is 13.0. The number of hydrogen-bond acceptors (Lipinski definition) is 9. The van der Waals surface area contributed by atoms with E-state index >= 15 is 0 Å². The van der Waals surface area contributed by atoms with Gasteiger partial charge in [0.05, 0.1) is 25.0 Å². The maximum Gasteiger partial charge on any atom is 0.573 e. The zero-order chi connectivity index (χ0) is 28.7. The van der Waals surface area contributed by atoms with E-state index in [1.807, 2.05) is 0 Å². The van der Waals surface area contributed by atoms with Crippen molar-refractivity contribution < 1.29 is 36.7 Å². The van der Waals surface area contributed by atoms with Gasteiger partial charge in [0, 0.05) is 18.2 Å². The van der Waals surface area contributed by atoms with E-state index in [1.54, 1.807) is 20.8 Å². The molecule has 0 bridgehead atoms. The summed E-state index contributed by atoms with van der Waals surface area (Å²) in [5.74, 6) is -1.41. The molecule has 1 aliphatic heterocycles. The number of likely N-dealkylation sites (tertiary alicyclic amines) is 1. The van der Waals surface area contributed by atoms with Gasteiger partial charge in [-0.05, 0) is 63.6 Å². The quantitative estimate of drug-likeness (QED) is 0.453. The first-order valence-corrected chi connectivity index (χ1v) is 12.7. The van der Waals surface area contributed by atoms with Gasteiger partial charge >= 0.3 is 24.3 Å². The molecular weight excluding hydrogens is 535 g/mol. The average Bonchev–Trinajstić information content (AvgIpc) is 3.21. The predicted molar refractivity (Wildman–Crippen MR) is 131 cm³/mol. The van der Waals surface area contributed by atoms with Gasteiger partial charge in [-0.1, -0.05) is 6.07 Å². The monoisotopic (exact) mass is 563 g/mol. The first-order chi connectivity index (χ1) is 18.8.